The maximum Gasteiger partial charge on any atom is 0.137 e. The molecule has 1 nitrogen and oxygen atoms in total. The van der Waals surface area contributed by atoms with Crippen LogP contribution >= 0.6 is 0 Å². The summed E-state index contributed by atoms with van der Waals surface area (Å²) in [6.45, 7) is -0.535. The number of alkyl halides is 1. The molecule has 1 rings (SSSR count). The summed E-state index contributed by atoms with van der Waals surface area (Å²) < 4.78 is 13.0. The third-order valence-corrected chi connectivity index (χ3v) is 2.01. The zero-order valence-electron chi connectivity index (χ0n) is 5.53. The van der Waals surface area contributed by atoms with Crippen LogP contribution in [0, 0.1) is 0 Å². The minimum atomic E-state index is -1.34. The normalized spacial score (nSPS) is 26.0. The van der Waals surface area contributed by atoms with Crippen LogP contribution in [0.3, 0.4) is 0 Å². The molecule has 0 spiro atoms. The van der Waals surface area contributed by atoms with E-state index in [2.05, 4.69) is 0 Å². The Kier molecular flexibility index (Phi) is 2.06. The molecule has 2 heteroatoms. The molecule has 1 radical (unpaired) electrons. The van der Waals surface area contributed by atoms with Gasteiger partial charge in [-0.05, 0) is 12.8 Å². The Hall–Kier alpha value is -0.110. The Balaban J connectivity index is 2.37. The van der Waals surface area contributed by atoms with E-state index in [4.69, 9.17) is 0 Å². The molecule has 1 saturated carbocycles. The molecule has 0 aromatic heterocycles. The Morgan fingerprint density at radius 1 is 1.22 bits per heavy atom. The van der Waals surface area contributed by atoms with Crippen LogP contribution in [-0.2, 0) is 5.11 Å². The molecule has 0 N–H and O–H groups in total. The van der Waals surface area contributed by atoms with E-state index >= 15 is 0 Å². The maximum absolute atomic E-state index is 13.0. The quantitative estimate of drug-likeness (QED) is 0.519. The summed E-state index contributed by atoms with van der Waals surface area (Å²) in [5.41, 5.74) is -1.34. The minimum absolute atomic E-state index is 0.497. The third kappa shape index (κ3) is 1.65. The highest BCUT2D eigenvalue weighted by molar-refractivity contribution is 4.81. The number of rotatable bonds is 1. The van der Waals surface area contributed by atoms with Gasteiger partial charge in [-0.15, -0.1) is 0 Å². The van der Waals surface area contributed by atoms with Crippen molar-refractivity contribution < 1.29 is 9.50 Å². The number of hydrogen-bond donors (Lipinski definition) is 0. The summed E-state index contributed by atoms with van der Waals surface area (Å²) in [7, 11) is 0. The van der Waals surface area contributed by atoms with Crippen LogP contribution in [0.5, 0.6) is 0 Å². The molecule has 1 aliphatic rings. The number of halogens is 1. The highest BCUT2D eigenvalue weighted by Crippen LogP contribution is 2.30. The van der Waals surface area contributed by atoms with Crippen LogP contribution in [0.25, 0.3) is 0 Å². The molecule has 0 atom stereocenters. The van der Waals surface area contributed by atoms with Crippen molar-refractivity contribution in [2.45, 2.75) is 37.8 Å². The molecule has 0 unspecified atom stereocenters. The first-order valence-corrected chi connectivity index (χ1v) is 3.54. The van der Waals surface area contributed by atoms with Crippen LogP contribution in [0.15, 0.2) is 0 Å². The van der Waals surface area contributed by atoms with E-state index < -0.39 is 12.3 Å². The van der Waals surface area contributed by atoms with Gasteiger partial charge >= 0.3 is 0 Å². The van der Waals surface area contributed by atoms with Crippen molar-refractivity contribution in [3.05, 3.63) is 0 Å². The van der Waals surface area contributed by atoms with Crippen molar-refractivity contribution in [2.75, 3.05) is 6.61 Å². The van der Waals surface area contributed by atoms with Gasteiger partial charge in [-0.3, -0.25) is 0 Å². The lowest BCUT2D eigenvalue weighted by molar-refractivity contribution is 0.00378. The van der Waals surface area contributed by atoms with Crippen molar-refractivity contribution in [3.8, 4) is 0 Å². The zero-order chi connectivity index (χ0) is 6.74. The van der Waals surface area contributed by atoms with Gasteiger partial charge in [0.15, 0.2) is 0 Å². The van der Waals surface area contributed by atoms with Crippen molar-refractivity contribution in [1.82, 2.24) is 0 Å². The summed E-state index contributed by atoms with van der Waals surface area (Å²) >= 11 is 0. The summed E-state index contributed by atoms with van der Waals surface area (Å²) in [6.07, 6.45) is 3.90. The van der Waals surface area contributed by atoms with Gasteiger partial charge in [-0.1, -0.05) is 19.3 Å². The van der Waals surface area contributed by atoms with Crippen molar-refractivity contribution >= 4 is 0 Å². The summed E-state index contributed by atoms with van der Waals surface area (Å²) in [6, 6.07) is 0. The first-order chi connectivity index (χ1) is 4.27. The second-order valence-corrected chi connectivity index (χ2v) is 2.86. The highest BCUT2D eigenvalue weighted by Gasteiger charge is 2.30. The Morgan fingerprint density at radius 3 is 2.11 bits per heavy atom. The standard InChI is InChI=1S/C7H12FO/c8-7(6-9)4-2-1-3-5-7/h1-6H2. The molecule has 0 aromatic rings. The minimum Gasteiger partial charge on any atom is -0.241 e. The molecule has 1 aliphatic carbocycles. The molecule has 0 heterocycles. The molecule has 1 fully saturated rings. The molecular formula is C7H12FO. The summed E-state index contributed by atoms with van der Waals surface area (Å²) in [5, 5.41) is 10.2. The number of hydrogen-bond acceptors (Lipinski definition) is 0. The smallest absolute Gasteiger partial charge is 0.137 e. The van der Waals surface area contributed by atoms with E-state index in [-0.39, 0.29) is 0 Å². The monoisotopic (exact) mass is 131 g/mol. The zero-order valence-corrected chi connectivity index (χ0v) is 5.53. The van der Waals surface area contributed by atoms with Gasteiger partial charge in [-0.25, -0.2) is 9.50 Å². The van der Waals surface area contributed by atoms with Crippen molar-refractivity contribution in [1.29, 1.82) is 0 Å². The van der Waals surface area contributed by atoms with E-state index in [1.54, 1.807) is 0 Å². The average Bonchev–Trinajstić information content (AvgIpc) is 1.90. The molecule has 0 aromatic carbocycles. The van der Waals surface area contributed by atoms with E-state index in [9.17, 15) is 9.50 Å². The van der Waals surface area contributed by atoms with Crippen molar-refractivity contribution in [3.63, 3.8) is 0 Å². The molecule has 0 amide bonds. The van der Waals surface area contributed by atoms with Crippen LogP contribution < -0.4 is 0 Å². The predicted molar refractivity (Wildman–Crippen MR) is 32.5 cm³/mol. The van der Waals surface area contributed by atoms with E-state index in [0.29, 0.717) is 12.8 Å². The lowest BCUT2D eigenvalue weighted by atomic mass is 9.87. The van der Waals surface area contributed by atoms with Crippen LogP contribution in [-0.4, -0.2) is 12.3 Å². The van der Waals surface area contributed by atoms with Gasteiger partial charge < -0.3 is 0 Å². The lowest BCUT2D eigenvalue weighted by Gasteiger charge is -2.25. The molecule has 9 heavy (non-hydrogen) atoms. The fourth-order valence-electron chi connectivity index (χ4n) is 1.33. The Bertz CT molecular complexity index is 86.9. The lowest BCUT2D eigenvalue weighted by Crippen LogP contribution is -2.29. The fourth-order valence-corrected chi connectivity index (χ4v) is 1.33. The maximum atomic E-state index is 13.0. The first-order valence-electron chi connectivity index (χ1n) is 3.54. The summed E-state index contributed by atoms with van der Waals surface area (Å²) in [5.74, 6) is 0. The largest absolute Gasteiger partial charge is 0.241 e. The Morgan fingerprint density at radius 2 is 1.78 bits per heavy atom. The van der Waals surface area contributed by atoms with Gasteiger partial charge in [0.05, 0.1) is 0 Å². The highest BCUT2D eigenvalue weighted by atomic mass is 19.1. The van der Waals surface area contributed by atoms with Crippen LogP contribution in [0.2, 0.25) is 0 Å². The average molecular weight is 131 g/mol. The van der Waals surface area contributed by atoms with Crippen molar-refractivity contribution in [2.24, 2.45) is 0 Å². The molecule has 0 saturated heterocycles. The van der Waals surface area contributed by atoms with Gasteiger partial charge in [0.25, 0.3) is 0 Å². The van der Waals surface area contributed by atoms with Gasteiger partial charge in [0.1, 0.15) is 12.3 Å². The third-order valence-electron chi connectivity index (χ3n) is 2.01. The fraction of sp³-hybridized carbons (Fsp3) is 1.00. The van der Waals surface area contributed by atoms with Gasteiger partial charge in [0.2, 0.25) is 0 Å². The molecule has 0 aliphatic heterocycles. The molecular weight excluding hydrogens is 119 g/mol. The first kappa shape index (κ1) is 7.00. The second-order valence-electron chi connectivity index (χ2n) is 2.86. The predicted octanol–water partition coefficient (Wildman–Crippen LogP) is 2.09. The Labute approximate surface area is 54.9 Å². The van der Waals surface area contributed by atoms with Gasteiger partial charge in [-0.2, -0.15) is 0 Å². The summed E-state index contributed by atoms with van der Waals surface area (Å²) in [4.78, 5) is 0. The molecule has 53 valence electrons. The van der Waals surface area contributed by atoms with E-state index in [0.717, 1.165) is 19.3 Å². The van der Waals surface area contributed by atoms with Crippen LogP contribution in [0.1, 0.15) is 32.1 Å². The topological polar surface area (TPSA) is 19.9 Å². The van der Waals surface area contributed by atoms with Crippen LogP contribution in [0.4, 0.5) is 4.39 Å². The SMILES string of the molecule is [O]CC1(F)CCCCC1. The van der Waals surface area contributed by atoms with E-state index in [1.807, 2.05) is 0 Å². The van der Waals surface area contributed by atoms with Gasteiger partial charge in [0, 0.05) is 0 Å². The molecule has 0 bridgehead atoms. The second kappa shape index (κ2) is 2.65. The van der Waals surface area contributed by atoms with E-state index in [1.165, 1.54) is 0 Å².